The molecule has 0 saturated heterocycles. The first kappa shape index (κ1) is 14.6. The quantitative estimate of drug-likeness (QED) is 0.835. The molecule has 100 valence electrons. The Labute approximate surface area is 109 Å². The third kappa shape index (κ3) is 2.84. The number of anilines is 1. The summed E-state index contributed by atoms with van der Waals surface area (Å²) in [7, 11) is 0. The number of carboxylic acids is 1. The lowest BCUT2D eigenvalue weighted by molar-refractivity contribution is -0.146. The Morgan fingerprint density at radius 2 is 1.78 bits per heavy atom. The second kappa shape index (κ2) is 5.42. The van der Waals surface area contributed by atoms with Crippen LogP contribution in [0.5, 0.6) is 0 Å². The fraction of sp³-hybridized carbons (Fsp3) is 0.533. The van der Waals surface area contributed by atoms with Crippen LogP contribution in [-0.2, 0) is 4.79 Å². The summed E-state index contributed by atoms with van der Waals surface area (Å²) in [6.45, 7) is 7.91. The van der Waals surface area contributed by atoms with Gasteiger partial charge in [-0.2, -0.15) is 0 Å². The zero-order valence-corrected chi connectivity index (χ0v) is 11.7. The minimum atomic E-state index is -0.941. The Bertz CT molecular complexity index is 395. The molecule has 3 nitrogen and oxygen atoms in total. The van der Waals surface area contributed by atoms with Gasteiger partial charge in [0.2, 0.25) is 0 Å². The average Bonchev–Trinajstić information content (AvgIpc) is 2.28. The zero-order chi connectivity index (χ0) is 13.8. The van der Waals surface area contributed by atoms with Crippen LogP contribution >= 0.6 is 0 Å². The predicted molar refractivity (Wildman–Crippen MR) is 74.8 cm³/mol. The van der Waals surface area contributed by atoms with E-state index in [4.69, 9.17) is 0 Å². The first-order valence-corrected chi connectivity index (χ1v) is 6.40. The second-order valence-corrected chi connectivity index (χ2v) is 5.70. The minimum absolute atomic E-state index is 0.370. The molecule has 0 bridgehead atoms. The molecule has 18 heavy (non-hydrogen) atoms. The Morgan fingerprint density at radius 1 is 1.22 bits per heavy atom. The van der Waals surface area contributed by atoms with E-state index in [9.17, 15) is 9.90 Å². The molecule has 1 aromatic rings. The van der Waals surface area contributed by atoms with Gasteiger partial charge in [0.1, 0.15) is 5.54 Å². The number of nitrogens with one attached hydrogen (secondary N) is 1. The zero-order valence-electron chi connectivity index (χ0n) is 11.7. The summed E-state index contributed by atoms with van der Waals surface area (Å²) < 4.78 is 0. The Kier molecular flexibility index (Phi) is 4.38. The van der Waals surface area contributed by atoms with Gasteiger partial charge in [0.15, 0.2) is 0 Å². The van der Waals surface area contributed by atoms with E-state index in [-0.39, 0.29) is 5.41 Å². The van der Waals surface area contributed by atoms with Gasteiger partial charge in [0, 0.05) is 5.69 Å². The lowest BCUT2D eigenvalue weighted by atomic mass is 9.70. The van der Waals surface area contributed by atoms with Crippen LogP contribution in [0, 0.1) is 5.41 Å². The molecule has 0 heterocycles. The van der Waals surface area contributed by atoms with Crippen molar-refractivity contribution in [2.45, 2.75) is 46.1 Å². The van der Waals surface area contributed by atoms with E-state index in [0.29, 0.717) is 6.42 Å². The van der Waals surface area contributed by atoms with Crippen LogP contribution in [0.2, 0.25) is 0 Å². The Hall–Kier alpha value is -1.51. The molecule has 3 heteroatoms. The second-order valence-electron chi connectivity index (χ2n) is 5.70. The molecule has 0 amide bonds. The molecule has 1 aromatic carbocycles. The van der Waals surface area contributed by atoms with Crippen molar-refractivity contribution in [3.63, 3.8) is 0 Å². The highest BCUT2D eigenvalue weighted by molar-refractivity contribution is 5.84. The van der Waals surface area contributed by atoms with Crippen LogP contribution in [0.4, 0.5) is 5.69 Å². The van der Waals surface area contributed by atoms with E-state index in [1.807, 2.05) is 58.0 Å². The van der Waals surface area contributed by atoms with Gasteiger partial charge in [-0.05, 0) is 24.0 Å². The Morgan fingerprint density at radius 3 is 2.17 bits per heavy atom. The standard InChI is InChI=1S/C15H23NO2/c1-5-11-15(13(17)18,14(2,3)4)16-12-9-7-6-8-10-12/h6-10,16H,5,11H2,1-4H3,(H,17,18)/t15-/m1/s1. The van der Waals surface area contributed by atoms with Gasteiger partial charge in [-0.3, -0.25) is 0 Å². The number of hydrogen-bond donors (Lipinski definition) is 2. The summed E-state index contributed by atoms with van der Waals surface area (Å²) in [5.74, 6) is -0.791. The van der Waals surface area contributed by atoms with Gasteiger partial charge in [-0.25, -0.2) is 4.79 Å². The molecule has 1 atom stereocenters. The summed E-state index contributed by atoms with van der Waals surface area (Å²) in [6.07, 6.45) is 1.42. The maximum Gasteiger partial charge on any atom is 0.329 e. The number of hydrogen-bond acceptors (Lipinski definition) is 2. The Balaban J connectivity index is 3.15. The molecule has 0 saturated carbocycles. The minimum Gasteiger partial charge on any atom is -0.479 e. The van der Waals surface area contributed by atoms with Crippen LogP contribution in [0.3, 0.4) is 0 Å². The van der Waals surface area contributed by atoms with Gasteiger partial charge in [-0.1, -0.05) is 52.3 Å². The highest BCUT2D eigenvalue weighted by atomic mass is 16.4. The number of para-hydroxylation sites is 1. The number of aliphatic carboxylic acids is 1. The van der Waals surface area contributed by atoms with Gasteiger partial charge in [-0.15, -0.1) is 0 Å². The number of carbonyl (C=O) groups is 1. The van der Waals surface area contributed by atoms with Crippen molar-refractivity contribution >= 4 is 11.7 Å². The molecule has 0 radical (unpaired) electrons. The summed E-state index contributed by atoms with van der Waals surface area (Å²) >= 11 is 0. The van der Waals surface area contributed by atoms with Crippen molar-refractivity contribution in [2.24, 2.45) is 5.41 Å². The van der Waals surface area contributed by atoms with Gasteiger partial charge in [0.05, 0.1) is 0 Å². The molecule has 0 aliphatic rings. The smallest absolute Gasteiger partial charge is 0.329 e. The summed E-state index contributed by atoms with van der Waals surface area (Å²) in [5.41, 5.74) is -0.461. The van der Waals surface area contributed by atoms with Crippen molar-refractivity contribution in [2.75, 3.05) is 5.32 Å². The monoisotopic (exact) mass is 249 g/mol. The molecule has 0 aliphatic heterocycles. The van der Waals surface area contributed by atoms with E-state index < -0.39 is 11.5 Å². The van der Waals surface area contributed by atoms with Crippen molar-refractivity contribution in [3.8, 4) is 0 Å². The molecule has 0 unspecified atom stereocenters. The van der Waals surface area contributed by atoms with Crippen molar-refractivity contribution in [3.05, 3.63) is 30.3 Å². The fourth-order valence-electron chi connectivity index (χ4n) is 2.25. The highest BCUT2D eigenvalue weighted by Gasteiger charge is 2.48. The molecule has 0 aliphatic carbocycles. The van der Waals surface area contributed by atoms with E-state index in [1.165, 1.54) is 0 Å². The molecular weight excluding hydrogens is 226 g/mol. The molecule has 0 fully saturated rings. The predicted octanol–water partition coefficient (Wildman–Crippen LogP) is 3.77. The largest absolute Gasteiger partial charge is 0.479 e. The first-order valence-electron chi connectivity index (χ1n) is 6.40. The van der Waals surface area contributed by atoms with Crippen LogP contribution < -0.4 is 5.32 Å². The third-order valence-corrected chi connectivity index (χ3v) is 3.40. The number of rotatable bonds is 5. The van der Waals surface area contributed by atoms with Crippen LogP contribution in [0.1, 0.15) is 40.5 Å². The third-order valence-electron chi connectivity index (χ3n) is 3.40. The van der Waals surface area contributed by atoms with E-state index >= 15 is 0 Å². The maximum atomic E-state index is 11.8. The molecule has 0 spiro atoms. The normalized spacial score (nSPS) is 14.9. The number of carboxylic acid groups (broad SMARTS) is 1. The van der Waals surface area contributed by atoms with Gasteiger partial charge < -0.3 is 10.4 Å². The van der Waals surface area contributed by atoms with E-state index in [0.717, 1.165) is 12.1 Å². The van der Waals surface area contributed by atoms with Gasteiger partial charge >= 0.3 is 5.97 Å². The summed E-state index contributed by atoms with van der Waals surface area (Å²) in [6, 6.07) is 9.54. The first-order chi connectivity index (χ1) is 8.33. The highest BCUT2D eigenvalue weighted by Crippen LogP contribution is 2.37. The lowest BCUT2D eigenvalue weighted by Crippen LogP contribution is -2.56. The van der Waals surface area contributed by atoms with E-state index in [1.54, 1.807) is 0 Å². The average molecular weight is 249 g/mol. The van der Waals surface area contributed by atoms with Crippen molar-refractivity contribution < 1.29 is 9.90 Å². The number of benzene rings is 1. The van der Waals surface area contributed by atoms with Crippen LogP contribution in [-0.4, -0.2) is 16.6 Å². The molecule has 0 aromatic heterocycles. The summed E-state index contributed by atoms with van der Waals surface area (Å²) in [5, 5.41) is 12.9. The van der Waals surface area contributed by atoms with Crippen molar-refractivity contribution in [1.82, 2.24) is 0 Å². The molecule has 1 rings (SSSR count). The van der Waals surface area contributed by atoms with Gasteiger partial charge in [0.25, 0.3) is 0 Å². The van der Waals surface area contributed by atoms with Crippen LogP contribution in [0.15, 0.2) is 30.3 Å². The summed E-state index contributed by atoms with van der Waals surface area (Å²) in [4.78, 5) is 11.8. The molecule has 2 N–H and O–H groups in total. The van der Waals surface area contributed by atoms with Crippen molar-refractivity contribution in [1.29, 1.82) is 0 Å². The lowest BCUT2D eigenvalue weighted by Gasteiger charge is -2.42. The maximum absolute atomic E-state index is 11.8. The molecular formula is C15H23NO2. The topological polar surface area (TPSA) is 49.3 Å². The fourth-order valence-corrected chi connectivity index (χ4v) is 2.25. The van der Waals surface area contributed by atoms with Crippen LogP contribution in [0.25, 0.3) is 0 Å². The van der Waals surface area contributed by atoms with E-state index in [2.05, 4.69) is 5.32 Å². The SMILES string of the molecule is CCC[C@@](Nc1ccccc1)(C(=O)O)C(C)(C)C.